The van der Waals surface area contributed by atoms with E-state index in [1.807, 2.05) is 30.3 Å². The minimum atomic E-state index is 0.123. The fourth-order valence-corrected chi connectivity index (χ4v) is 1.58. The Morgan fingerprint density at radius 3 is 2.85 bits per heavy atom. The number of carbonyl (C=O) groups excluding carboxylic acids is 1. The van der Waals surface area contributed by atoms with Gasteiger partial charge in [-0.15, -0.1) is 6.58 Å². The van der Waals surface area contributed by atoms with E-state index in [1.165, 1.54) is 11.8 Å². The molecule has 0 bridgehead atoms. The molecule has 0 aliphatic rings. The Balaban J connectivity index is 3.03. The van der Waals surface area contributed by atoms with Crippen molar-refractivity contribution in [3.05, 3.63) is 48.0 Å². The van der Waals surface area contributed by atoms with E-state index < -0.39 is 0 Å². The Hall–Kier alpha value is -1.02. The molecule has 0 spiro atoms. The largest absolute Gasteiger partial charge is 0.282 e. The molecular weight excluding hydrogens is 180 g/mol. The van der Waals surface area contributed by atoms with E-state index in [4.69, 9.17) is 0 Å². The zero-order chi connectivity index (χ0) is 9.68. The SMILES string of the molecule is C=CCc1ccccc1C(=O)SC. The van der Waals surface area contributed by atoms with Gasteiger partial charge in [0.05, 0.1) is 0 Å². The highest BCUT2D eigenvalue weighted by Gasteiger charge is 2.07. The average Bonchev–Trinajstić information content (AvgIpc) is 2.18. The van der Waals surface area contributed by atoms with Crippen molar-refractivity contribution in [2.75, 3.05) is 6.26 Å². The molecule has 0 heterocycles. The van der Waals surface area contributed by atoms with Crippen LogP contribution in [0.4, 0.5) is 0 Å². The van der Waals surface area contributed by atoms with E-state index in [2.05, 4.69) is 6.58 Å². The average molecular weight is 192 g/mol. The molecule has 0 fully saturated rings. The highest BCUT2D eigenvalue weighted by atomic mass is 32.2. The maximum Gasteiger partial charge on any atom is 0.219 e. The number of benzene rings is 1. The van der Waals surface area contributed by atoms with Gasteiger partial charge in [-0.05, 0) is 18.2 Å². The summed E-state index contributed by atoms with van der Waals surface area (Å²) in [5.41, 5.74) is 1.85. The van der Waals surface area contributed by atoms with E-state index in [0.717, 1.165) is 17.5 Å². The van der Waals surface area contributed by atoms with Crippen molar-refractivity contribution in [3.8, 4) is 0 Å². The van der Waals surface area contributed by atoms with E-state index in [-0.39, 0.29) is 5.12 Å². The maximum atomic E-state index is 11.4. The van der Waals surface area contributed by atoms with Gasteiger partial charge in [0.25, 0.3) is 0 Å². The summed E-state index contributed by atoms with van der Waals surface area (Å²) in [6, 6.07) is 7.65. The molecule has 0 saturated heterocycles. The summed E-state index contributed by atoms with van der Waals surface area (Å²) in [6.45, 7) is 3.66. The highest BCUT2D eigenvalue weighted by Crippen LogP contribution is 2.15. The smallest absolute Gasteiger partial charge is 0.219 e. The van der Waals surface area contributed by atoms with Crippen molar-refractivity contribution in [1.29, 1.82) is 0 Å². The van der Waals surface area contributed by atoms with Crippen LogP contribution in [0.25, 0.3) is 0 Å². The lowest BCUT2D eigenvalue weighted by atomic mass is 10.1. The molecule has 0 aliphatic heterocycles. The zero-order valence-corrected chi connectivity index (χ0v) is 8.43. The zero-order valence-electron chi connectivity index (χ0n) is 7.62. The standard InChI is InChI=1S/C11H12OS/c1-3-6-9-7-4-5-8-10(9)11(12)13-2/h3-5,7-8H,1,6H2,2H3. The Morgan fingerprint density at radius 1 is 1.54 bits per heavy atom. The first kappa shape index (κ1) is 10.1. The fraction of sp³-hybridized carbons (Fsp3) is 0.182. The van der Waals surface area contributed by atoms with Crippen molar-refractivity contribution in [2.24, 2.45) is 0 Å². The van der Waals surface area contributed by atoms with Gasteiger partial charge >= 0.3 is 0 Å². The lowest BCUT2D eigenvalue weighted by molar-refractivity contribution is 0.108. The number of thioether (sulfide) groups is 1. The summed E-state index contributed by atoms with van der Waals surface area (Å²) in [5, 5.41) is 0.123. The van der Waals surface area contributed by atoms with Gasteiger partial charge in [-0.25, -0.2) is 0 Å². The molecule has 1 nitrogen and oxygen atoms in total. The maximum absolute atomic E-state index is 11.4. The monoisotopic (exact) mass is 192 g/mol. The Morgan fingerprint density at radius 2 is 2.23 bits per heavy atom. The van der Waals surface area contributed by atoms with Crippen molar-refractivity contribution in [2.45, 2.75) is 6.42 Å². The first-order valence-corrected chi connectivity index (χ1v) is 5.29. The lowest BCUT2D eigenvalue weighted by Crippen LogP contribution is -1.97. The van der Waals surface area contributed by atoms with Crippen LogP contribution in [0.15, 0.2) is 36.9 Å². The quantitative estimate of drug-likeness (QED) is 0.685. The molecule has 0 aliphatic carbocycles. The van der Waals surface area contributed by atoms with Crippen LogP contribution in [0, 0.1) is 0 Å². The second kappa shape index (κ2) is 4.87. The first-order valence-electron chi connectivity index (χ1n) is 4.06. The number of hydrogen-bond acceptors (Lipinski definition) is 2. The molecule has 1 aromatic rings. The third kappa shape index (κ3) is 2.46. The van der Waals surface area contributed by atoms with E-state index >= 15 is 0 Å². The topological polar surface area (TPSA) is 17.1 Å². The minimum Gasteiger partial charge on any atom is -0.282 e. The third-order valence-corrected chi connectivity index (χ3v) is 2.38. The molecule has 0 atom stereocenters. The van der Waals surface area contributed by atoms with E-state index in [1.54, 1.807) is 6.26 Å². The van der Waals surface area contributed by atoms with Crippen molar-refractivity contribution < 1.29 is 4.79 Å². The Labute approximate surface area is 82.9 Å². The highest BCUT2D eigenvalue weighted by molar-refractivity contribution is 8.13. The van der Waals surface area contributed by atoms with Crippen molar-refractivity contribution in [3.63, 3.8) is 0 Å². The first-order chi connectivity index (χ1) is 6.29. The third-order valence-electron chi connectivity index (χ3n) is 1.79. The van der Waals surface area contributed by atoms with Gasteiger partial charge in [0.15, 0.2) is 0 Å². The summed E-state index contributed by atoms with van der Waals surface area (Å²) in [4.78, 5) is 11.4. The molecule has 13 heavy (non-hydrogen) atoms. The molecule has 1 rings (SSSR count). The predicted molar refractivity (Wildman–Crippen MR) is 58.2 cm³/mol. The molecule has 0 N–H and O–H groups in total. The molecule has 0 unspecified atom stereocenters. The van der Waals surface area contributed by atoms with Crippen LogP contribution in [0.3, 0.4) is 0 Å². The van der Waals surface area contributed by atoms with Gasteiger partial charge < -0.3 is 0 Å². The molecule has 0 aromatic heterocycles. The number of rotatable bonds is 3. The molecule has 0 saturated carbocycles. The Bertz CT molecular complexity index is 318. The van der Waals surface area contributed by atoms with Crippen molar-refractivity contribution >= 4 is 16.9 Å². The minimum absolute atomic E-state index is 0.123. The molecular formula is C11H12OS. The number of hydrogen-bond donors (Lipinski definition) is 0. The summed E-state index contributed by atoms with van der Waals surface area (Å²) >= 11 is 1.24. The molecule has 68 valence electrons. The van der Waals surface area contributed by atoms with Crippen LogP contribution in [-0.2, 0) is 6.42 Å². The second-order valence-electron chi connectivity index (χ2n) is 2.64. The number of carbonyl (C=O) groups is 1. The van der Waals surface area contributed by atoms with Crippen LogP contribution in [0.5, 0.6) is 0 Å². The van der Waals surface area contributed by atoms with Crippen LogP contribution in [0.2, 0.25) is 0 Å². The van der Waals surface area contributed by atoms with Crippen LogP contribution < -0.4 is 0 Å². The van der Waals surface area contributed by atoms with Crippen molar-refractivity contribution in [1.82, 2.24) is 0 Å². The molecule has 2 heteroatoms. The van der Waals surface area contributed by atoms with E-state index in [9.17, 15) is 4.79 Å². The van der Waals surface area contributed by atoms with Gasteiger partial charge in [0.2, 0.25) is 5.12 Å². The summed E-state index contributed by atoms with van der Waals surface area (Å²) in [5.74, 6) is 0. The molecule has 0 radical (unpaired) electrons. The van der Waals surface area contributed by atoms with Crippen LogP contribution in [-0.4, -0.2) is 11.4 Å². The van der Waals surface area contributed by atoms with Crippen LogP contribution in [0.1, 0.15) is 15.9 Å². The summed E-state index contributed by atoms with van der Waals surface area (Å²) in [6.07, 6.45) is 4.36. The van der Waals surface area contributed by atoms with Gasteiger partial charge in [0, 0.05) is 5.56 Å². The Kier molecular flexibility index (Phi) is 3.77. The number of allylic oxidation sites excluding steroid dienone is 1. The normalized spacial score (nSPS) is 9.62. The lowest BCUT2D eigenvalue weighted by Gasteiger charge is -2.03. The predicted octanol–water partition coefficient (Wildman–Crippen LogP) is 2.92. The summed E-state index contributed by atoms with van der Waals surface area (Å²) < 4.78 is 0. The van der Waals surface area contributed by atoms with Gasteiger partial charge in [-0.1, -0.05) is 42.1 Å². The molecule has 1 aromatic carbocycles. The van der Waals surface area contributed by atoms with E-state index in [0.29, 0.717) is 0 Å². The van der Waals surface area contributed by atoms with Crippen LogP contribution >= 0.6 is 11.8 Å². The van der Waals surface area contributed by atoms with Gasteiger partial charge in [-0.2, -0.15) is 0 Å². The fourth-order valence-electron chi connectivity index (χ4n) is 1.16. The molecule has 0 amide bonds. The van der Waals surface area contributed by atoms with Gasteiger partial charge in [-0.3, -0.25) is 4.79 Å². The summed E-state index contributed by atoms with van der Waals surface area (Å²) in [7, 11) is 0. The second-order valence-corrected chi connectivity index (χ2v) is 3.42. The van der Waals surface area contributed by atoms with Gasteiger partial charge in [0.1, 0.15) is 0 Å².